The summed E-state index contributed by atoms with van der Waals surface area (Å²) in [6.45, 7) is 0.915. The SMILES string of the molecule is O=CNc1cccc(CN2Cc3nc4ccccc4c(-c4ccccc4)c3C2=O)c1. The van der Waals surface area contributed by atoms with Gasteiger partial charge in [-0.3, -0.25) is 14.6 Å². The van der Waals surface area contributed by atoms with Crippen LogP contribution in [0.25, 0.3) is 22.0 Å². The highest BCUT2D eigenvalue weighted by molar-refractivity contribution is 6.11. The van der Waals surface area contributed by atoms with Crippen LogP contribution in [-0.2, 0) is 17.9 Å². The molecule has 2 heterocycles. The zero-order valence-electron chi connectivity index (χ0n) is 16.2. The van der Waals surface area contributed by atoms with E-state index < -0.39 is 0 Å². The van der Waals surface area contributed by atoms with E-state index in [0.29, 0.717) is 30.8 Å². The Morgan fingerprint density at radius 3 is 2.57 bits per heavy atom. The smallest absolute Gasteiger partial charge is 0.257 e. The molecule has 146 valence electrons. The third kappa shape index (κ3) is 3.10. The van der Waals surface area contributed by atoms with E-state index in [9.17, 15) is 9.59 Å². The fourth-order valence-electron chi connectivity index (χ4n) is 4.10. The molecule has 5 nitrogen and oxygen atoms in total. The monoisotopic (exact) mass is 393 g/mol. The van der Waals surface area contributed by atoms with Crippen molar-refractivity contribution in [1.29, 1.82) is 0 Å². The molecule has 0 atom stereocenters. The van der Waals surface area contributed by atoms with Gasteiger partial charge in [0.05, 0.1) is 23.3 Å². The number of anilines is 1. The van der Waals surface area contributed by atoms with Gasteiger partial charge in [0.25, 0.3) is 5.91 Å². The second kappa shape index (κ2) is 7.44. The van der Waals surface area contributed by atoms with Gasteiger partial charge in [0, 0.05) is 23.2 Å². The van der Waals surface area contributed by atoms with E-state index in [1.54, 1.807) is 0 Å². The average molecular weight is 393 g/mol. The molecule has 1 aliphatic heterocycles. The van der Waals surface area contributed by atoms with E-state index in [2.05, 4.69) is 5.32 Å². The first kappa shape index (κ1) is 18.1. The van der Waals surface area contributed by atoms with Gasteiger partial charge >= 0.3 is 0 Å². The Morgan fingerprint density at radius 2 is 1.73 bits per heavy atom. The lowest BCUT2D eigenvalue weighted by Gasteiger charge is -2.16. The molecule has 0 saturated heterocycles. The lowest BCUT2D eigenvalue weighted by molar-refractivity contribution is -0.105. The topological polar surface area (TPSA) is 62.3 Å². The van der Waals surface area contributed by atoms with Crippen LogP contribution in [0, 0.1) is 0 Å². The Balaban J connectivity index is 1.59. The lowest BCUT2D eigenvalue weighted by atomic mass is 9.95. The quantitative estimate of drug-likeness (QED) is 0.503. The van der Waals surface area contributed by atoms with Crippen molar-refractivity contribution in [3.05, 3.63) is 95.7 Å². The molecule has 0 bridgehead atoms. The van der Waals surface area contributed by atoms with Gasteiger partial charge in [0.2, 0.25) is 6.41 Å². The van der Waals surface area contributed by atoms with Crippen LogP contribution in [0.4, 0.5) is 5.69 Å². The summed E-state index contributed by atoms with van der Waals surface area (Å²) in [5, 5.41) is 3.64. The van der Waals surface area contributed by atoms with Gasteiger partial charge in [-0.15, -0.1) is 0 Å². The number of pyridine rings is 1. The third-order valence-electron chi connectivity index (χ3n) is 5.40. The van der Waals surface area contributed by atoms with Gasteiger partial charge in [0.15, 0.2) is 0 Å². The second-order valence-corrected chi connectivity index (χ2v) is 7.32. The molecule has 1 N–H and O–H groups in total. The molecule has 5 heteroatoms. The second-order valence-electron chi connectivity index (χ2n) is 7.32. The maximum absolute atomic E-state index is 13.5. The number of carbonyl (C=O) groups excluding carboxylic acids is 2. The zero-order chi connectivity index (χ0) is 20.5. The molecule has 4 aromatic rings. The average Bonchev–Trinajstić information content (AvgIpc) is 3.08. The van der Waals surface area contributed by atoms with Gasteiger partial charge in [-0.05, 0) is 29.3 Å². The summed E-state index contributed by atoms with van der Waals surface area (Å²) in [5.74, 6) is -0.0177. The first-order chi connectivity index (χ1) is 14.7. The zero-order valence-corrected chi connectivity index (χ0v) is 16.2. The minimum absolute atomic E-state index is 0.0177. The highest BCUT2D eigenvalue weighted by Crippen LogP contribution is 2.37. The maximum atomic E-state index is 13.5. The van der Waals surface area contributed by atoms with Gasteiger partial charge in [-0.1, -0.05) is 60.7 Å². The molecule has 1 aromatic heterocycles. The first-order valence-corrected chi connectivity index (χ1v) is 9.80. The highest BCUT2D eigenvalue weighted by Gasteiger charge is 2.33. The van der Waals surface area contributed by atoms with Crippen molar-refractivity contribution in [3.63, 3.8) is 0 Å². The fourth-order valence-corrected chi connectivity index (χ4v) is 4.10. The normalized spacial score (nSPS) is 12.8. The number of aromatic nitrogens is 1. The molecule has 2 amide bonds. The standard InChI is InChI=1S/C25H19N3O2/c29-16-26-19-10-6-7-17(13-19)14-28-15-22-24(25(28)30)23(18-8-2-1-3-9-18)20-11-4-5-12-21(20)27-22/h1-13,16H,14-15H2,(H,26,29). The summed E-state index contributed by atoms with van der Waals surface area (Å²) in [6.07, 6.45) is 0.650. The van der Waals surface area contributed by atoms with Crippen molar-refractivity contribution in [2.75, 3.05) is 5.32 Å². The van der Waals surface area contributed by atoms with Crippen LogP contribution in [0.5, 0.6) is 0 Å². The Labute approximate surface area is 174 Å². The Kier molecular flexibility index (Phi) is 4.48. The maximum Gasteiger partial charge on any atom is 0.257 e. The van der Waals surface area contributed by atoms with E-state index in [-0.39, 0.29) is 5.91 Å². The molecule has 0 spiro atoms. The van der Waals surface area contributed by atoms with E-state index >= 15 is 0 Å². The van der Waals surface area contributed by atoms with E-state index in [1.807, 2.05) is 83.8 Å². The summed E-state index contributed by atoms with van der Waals surface area (Å²) in [5.41, 5.74) is 6.00. The van der Waals surface area contributed by atoms with Crippen LogP contribution in [0.2, 0.25) is 0 Å². The number of para-hydroxylation sites is 1. The summed E-state index contributed by atoms with van der Waals surface area (Å²) >= 11 is 0. The molecule has 30 heavy (non-hydrogen) atoms. The summed E-state index contributed by atoms with van der Waals surface area (Å²) in [4.78, 5) is 30.8. The molecular weight excluding hydrogens is 374 g/mol. The number of hydrogen-bond donors (Lipinski definition) is 1. The van der Waals surface area contributed by atoms with Crippen LogP contribution in [0.1, 0.15) is 21.6 Å². The Morgan fingerprint density at radius 1 is 0.933 bits per heavy atom. The number of benzene rings is 3. The predicted octanol–water partition coefficient (Wildman–Crippen LogP) is 4.63. The number of amides is 2. The van der Waals surface area contributed by atoms with Crippen molar-refractivity contribution in [1.82, 2.24) is 9.88 Å². The van der Waals surface area contributed by atoms with Crippen LogP contribution in [-0.4, -0.2) is 22.2 Å². The Bertz CT molecular complexity index is 1270. The molecule has 0 unspecified atom stereocenters. The van der Waals surface area contributed by atoms with Gasteiger partial charge in [-0.2, -0.15) is 0 Å². The molecule has 3 aromatic carbocycles. The predicted molar refractivity (Wildman–Crippen MR) is 117 cm³/mol. The third-order valence-corrected chi connectivity index (χ3v) is 5.40. The van der Waals surface area contributed by atoms with Crippen LogP contribution >= 0.6 is 0 Å². The van der Waals surface area contributed by atoms with E-state index in [1.165, 1.54) is 0 Å². The number of nitrogens with zero attached hydrogens (tertiary/aromatic N) is 2. The number of carbonyl (C=O) groups is 2. The summed E-state index contributed by atoms with van der Waals surface area (Å²) < 4.78 is 0. The Hall–Kier alpha value is -3.99. The number of nitrogens with one attached hydrogen (secondary N) is 1. The van der Waals surface area contributed by atoms with Crippen molar-refractivity contribution >= 4 is 28.9 Å². The highest BCUT2D eigenvalue weighted by atomic mass is 16.2. The molecule has 0 radical (unpaired) electrons. The summed E-state index contributed by atoms with van der Waals surface area (Å²) in [7, 11) is 0. The minimum atomic E-state index is -0.0177. The van der Waals surface area contributed by atoms with Crippen LogP contribution in [0.15, 0.2) is 78.9 Å². The van der Waals surface area contributed by atoms with Crippen LogP contribution in [0.3, 0.4) is 0 Å². The van der Waals surface area contributed by atoms with Crippen molar-refractivity contribution in [2.24, 2.45) is 0 Å². The molecular formula is C25H19N3O2. The van der Waals surface area contributed by atoms with E-state index in [4.69, 9.17) is 4.98 Å². The van der Waals surface area contributed by atoms with Crippen molar-refractivity contribution in [3.8, 4) is 11.1 Å². The molecule has 0 aliphatic carbocycles. The minimum Gasteiger partial charge on any atom is -0.329 e. The van der Waals surface area contributed by atoms with Gasteiger partial charge in [-0.25, -0.2) is 0 Å². The number of fused-ring (bicyclic) bond motifs is 2. The lowest BCUT2D eigenvalue weighted by Crippen LogP contribution is -2.23. The number of hydrogen-bond acceptors (Lipinski definition) is 3. The number of rotatable bonds is 5. The largest absolute Gasteiger partial charge is 0.329 e. The van der Waals surface area contributed by atoms with Gasteiger partial charge in [0.1, 0.15) is 0 Å². The summed E-state index contributed by atoms with van der Waals surface area (Å²) in [6, 6.07) is 25.5. The van der Waals surface area contributed by atoms with E-state index in [0.717, 1.165) is 33.3 Å². The van der Waals surface area contributed by atoms with Gasteiger partial charge < -0.3 is 10.2 Å². The van der Waals surface area contributed by atoms with Crippen molar-refractivity contribution in [2.45, 2.75) is 13.1 Å². The fraction of sp³-hybridized carbons (Fsp3) is 0.0800. The molecule has 0 saturated carbocycles. The molecule has 5 rings (SSSR count). The van der Waals surface area contributed by atoms with Crippen LogP contribution < -0.4 is 5.32 Å². The van der Waals surface area contributed by atoms with Crippen molar-refractivity contribution < 1.29 is 9.59 Å². The first-order valence-electron chi connectivity index (χ1n) is 9.80. The molecule has 0 fully saturated rings. The molecule has 1 aliphatic rings.